The molecule has 44 heavy (non-hydrogen) atoms. The number of hydrogen-bond acceptors (Lipinski definition) is 6. The molecule has 1 amide bonds. The van der Waals surface area contributed by atoms with E-state index in [1.54, 1.807) is 18.3 Å². The maximum atomic E-state index is 14.1. The van der Waals surface area contributed by atoms with Crippen LogP contribution in [0, 0.1) is 11.8 Å². The van der Waals surface area contributed by atoms with Gasteiger partial charge >= 0.3 is 18.3 Å². The van der Waals surface area contributed by atoms with Gasteiger partial charge in [0.25, 0.3) is 5.91 Å². The molecule has 2 aliphatic carbocycles. The number of ether oxygens (including phenoxy) is 2. The predicted molar refractivity (Wildman–Crippen MR) is 155 cm³/mol. The number of carbonyl (C=O) groups excluding carboxylic acids is 1. The summed E-state index contributed by atoms with van der Waals surface area (Å²) in [5.41, 5.74) is 1.63. The lowest BCUT2D eigenvalue weighted by atomic mass is 9.90. The highest BCUT2D eigenvalue weighted by Crippen LogP contribution is 2.45. The van der Waals surface area contributed by atoms with E-state index in [-0.39, 0.29) is 23.8 Å². The molecule has 240 valence electrons. The Balaban J connectivity index is 1.24. The molecular formula is C32H39F4N3O5. The van der Waals surface area contributed by atoms with E-state index >= 15 is 0 Å². The third-order valence-corrected chi connectivity index (χ3v) is 9.11. The van der Waals surface area contributed by atoms with Gasteiger partial charge in [-0.15, -0.1) is 0 Å². The van der Waals surface area contributed by atoms with E-state index in [1.807, 2.05) is 17.0 Å². The number of piperidine rings is 1. The molecule has 1 saturated heterocycles. The minimum Gasteiger partial charge on any atom is -0.497 e. The highest BCUT2D eigenvalue weighted by Gasteiger charge is 2.46. The second-order valence-electron chi connectivity index (χ2n) is 12.2. The van der Waals surface area contributed by atoms with Crippen molar-refractivity contribution in [3.05, 3.63) is 47.7 Å². The highest BCUT2D eigenvalue weighted by atomic mass is 19.3. The number of pyridine rings is 1. The van der Waals surface area contributed by atoms with Crippen LogP contribution in [0.2, 0.25) is 0 Å². The molecule has 0 bridgehead atoms. The molecule has 2 heterocycles. The minimum atomic E-state index is -4.31. The molecule has 1 unspecified atom stereocenters. The second-order valence-corrected chi connectivity index (χ2v) is 12.2. The summed E-state index contributed by atoms with van der Waals surface area (Å²) < 4.78 is 65.9. The van der Waals surface area contributed by atoms with E-state index in [0.717, 1.165) is 42.6 Å². The Morgan fingerprint density at radius 3 is 2.41 bits per heavy atom. The summed E-state index contributed by atoms with van der Waals surface area (Å²) >= 11 is 0. The van der Waals surface area contributed by atoms with Gasteiger partial charge in [-0.2, -0.15) is 8.78 Å². The number of hydrogen-bond donors (Lipinski definition) is 1. The molecule has 0 spiro atoms. The first-order valence-corrected chi connectivity index (χ1v) is 15.3. The Morgan fingerprint density at radius 1 is 1.09 bits per heavy atom. The molecule has 3 aliphatic rings. The number of carboxylic acid groups (broad SMARTS) is 1. The zero-order valence-electron chi connectivity index (χ0n) is 24.8. The van der Waals surface area contributed by atoms with Crippen LogP contribution in [0.15, 0.2) is 36.5 Å². The first kappa shape index (κ1) is 31.8. The Kier molecular flexibility index (Phi) is 9.84. The van der Waals surface area contributed by atoms with Gasteiger partial charge in [-0.1, -0.05) is 0 Å². The van der Waals surface area contributed by atoms with Crippen LogP contribution in [0.25, 0.3) is 0 Å². The quantitative estimate of drug-likeness (QED) is 0.250. The van der Waals surface area contributed by atoms with E-state index in [2.05, 4.69) is 4.98 Å². The fourth-order valence-corrected chi connectivity index (χ4v) is 6.12. The van der Waals surface area contributed by atoms with Crippen molar-refractivity contribution in [3.8, 4) is 11.6 Å². The maximum absolute atomic E-state index is 14.1. The number of methoxy groups -OCH3 is 1. The lowest BCUT2D eigenvalue weighted by Crippen LogP contribution is -2.51. The number of amides is 1. The Labute approximate surface area is 254 Å². The van der Waals surface area contributed by atoms with E-state index in [9.17, 15) is 32.3 Å². The van der Waals surface area contributed by atoms with E-state index in [1.165, 1.54) is 13.2 Å². The summed E-state index contributed by atoms with van der Waals surface area (Å²) in [7, 11) is 1.49. The van der Waals surface area contributed by atoms with Gasteiger partial charge in [0.2, 0.25) is 5.88 Å². The van der Waals surface area contributed by atoms with Crippen LogP contribution in [-0.4, -0.2) is 78.6 Å². The molecule has 2 aromatic rings. The molecule has 8 nitrogen and oxygen atoms in total. The van der Waals surface area contributed by atoms with Gasteiger partial charge < -0.3 is 24.4 Å². The van der Waals surface area contributed by atoms with Crippen molar-refractivity contribution in [2.75, 3.05) is 38.3 Å². The summed E-state index contributed by atoms with van der Waals surface area (Å²) in [5, 5.41) is 9.34. The summed E-state index contributed by atoms with van der Waals surface area (Å²) in [6.07, 6.45) is 3.12. The molecule has 1 N–H and O–H groups in total. The van der Waals surface area contributed by atoms with E-state index in [0.29, 0.717) is 55.8 Å². The Hall–Kier alpha value is -3.57. The van der Waals surface area contributed by atoms with Crippen molar-refractivity contribution >= 4 is 17.6 Å². The lowest BCUT2D eigenvalue weighted by Gasteiger charge is -2.40. The largest absolute Gasteiger partial charge is 0.497 e. The Bertz CT molecular complexity index is 1310. The van der Waals surface area contributed by atoms with Crippen molar-refractivity contribution in [1.82, 2.24) is 9.88 Å². The average molecular weight is 622 g/mol. The van der Waals surface area contributed by atoms with Crippen molar-refractivity contribution in [2.45, 2.75) is 75.7 Å². The molecule has 0 radical (unpaired) electrons. The number of rotatable bonds is 14. The van der Waals surface area contributed by atoms with Crippen molar-refractivity contribution in [2.24, 2.45) is 11.8 Å². The van der Waals surface area contributed by atoms with Crippen LogP contribution < -0.4 is 14.4 Å². The molecule has 5 rings (SSSR count). The fourth-order valence-electron chi connectivity index (χ4n) is 6.12. The molecule has 3 fully saturated rings. The number of alkyl halides is 4. The van der Waals surface area contributed by atoms with E-state index in [4.69, 9.17) is 9.47 Å². The van der Waals surface area contributed by atoms with Crippen LogP contribution in [0.4, 0.5) is 23.2 Å². The third kappa shape index (κ3) is 7.55. The summed E-state index contributed by atoms with van der Waals surface area (Å²) in [6.45, 7) is 0.216. The summed E-state index contributed by atoms with van der Waals surface area (Å²) in [5.74, 6) is -4.35. The Morgan fingerprint density at radius 2 is 1.82 bits per heavy atom. The summed E-state index contributed by atoms with van der Waals surface area (Å²) in [6, 6.07) is 7.98. The highest BCUT2D eigenvalue weighted by molar-refractivity contribution is 6.00. The molecule has 1 aromatic carbocycles. The number of halogens is 4. The normalized spacial score (nSPS) is 18.5. The number of carbonyl (C=O) groups is 2. The van der Waals surface area contributed by atoms with Gasteiger partial charge in [-0.25, -0.2) is 13.8 Å². The van der Waals surface area contributed by atoms with Crippen LogP contribution in [-0.2, 0) is 4.79 Å². The minimum absolute atomic E-state index is 0.0531. The molecule has 2 saturated carbocycles. The average Bonchev–Trinajstić information content (AvgIpc) is 3.83. The first-order chi connectivity index (χ1) is 21.1. The van der Waals surface area contributed by atoms with Crippen LogP contribution >= 0.6 is 0 Å². The van der Waals surface area contributed by atoms with E-state index < -0.39 is 36.8 Å². The number of aromatic nitrogens is 1. The summed E-state index contributed by atoms with van der Waals surface area (Å²) in [4.78, 5) is 32.3. The maximum Gasteiger partial charge on any atom is 0.324 e. The number of carboxylic acids is 1. The smallest absolute Gasteiger partial charge is 0.324 e. The van der Waals surface area contributed by atoms with Crippen LogP contribution in [0.5, 0.6) is 11.6 Å². The SMILES string of the molecule is COc1ccc(C(=O)N(CC(F)(F)C(F)F)C2CCC2)c(N2CCC(COc3cc(C(CC(=O)O)C4CC4)ccn3)CC2)c1. The van der Waals surface area contributed by atoms with Gasteiger partial charge in [0.15, 0.2) is 0 Å². The molecule has 1 aromatic heterocycles. The lowest BCUT2D eigenvalue weighted by molar-refractivity contribution is -0.143. The zero-order valence-corrected chi connectivity index (χ0v) is 24.8. The molecular weight excluding hydrogens is 582 g/mol. The first-order valence-electron chi connectivity index (χ1n) is 15.3. The van der Waals surface area contributed by atoms with Gasteiger partial charge in [-0.3, -0.25) is 9.59 Å². The predicted octanol–water partition coefficient (Wildman–Crippen LogP) is 6.25. The standard InChI is InChI=1S/C32H39F4N3O5/c1-43-24-7-8-25(30(42)39(23-3-2-4-23)19-32(35,36)31(33)34)27(16-24)38-13-10-20(11-14-38)18-44-28-15-22(9-12-37-28)26(17-29(40)41)21-5-6-21/h7-9,12,15-16,20-21,23,26,31H,2-6,10-11,13-14,17-19H2,1H3,(H,40,41). The van der Waals surface area contributed by atoms with Gasteiger partial charge in [-0.05, 0) is 86.5 Å². The van der Waals surface area contributed by atoms with Gasteiger partial charge in [0.05, 0.1) is 37.9 Å². The third-order valence-electron chi connectivity index (χ3n) is 9.11. The molecule has 1 aliphatic heterocycles. The number of aliphatic carboxylic acids is 1. The zero-order chi connectivity index (χ0) is 31.4. The fraction of sp³-hybridized carbons (Fsp3) is 0.594. The van der Waals surface area contributed by atoms with Crippen molar-refractivity contribution in [3.63, 3.8) is 0 Å². The van der Waals surface area contributed by atoms with Gasteiger partial charge in [0, 0.05) is 37.5 Å². The van der Waals surface area contributed by atoms with Crippen molar-refractivity contribution < 1.29 is 41.7 Å². The van der Waals surface area contributed by atoms with Gasteiger partial charge in [0.1, 0.15) is 5.75 Å². The topological polar surface area (TPSA) is 92.2 Å². The number of benzene rings is 1. The monoisotopic (exact) mass is 621 g/mol. The molecule has 1 atom stereocenters. The number of anilines is 1. The molecule has 12 heteroatoms. The second kappa shape index (κ2) is 13.6. The van der Waals surface area contributed by atoms with Crippen molar-refractivity contribution in [1.29, 1.82) is 0 Å². The number of nitrogens with zero attached hydrogens (tertiary/aromatic N) is 3. The van der Waals surface area contributed by atoms with Crippen LogP contribution in [0.3, 0.4) is 0 Å². The van der Waals surface area contributed by atoms with Crippen LogP contribution in [0.1, 0.15) is 73.2 Å².